The molecule has 2 rings (SSSR count). The van der Waals surface area contributed by atoms with Crippen LogP contribution in [0.5, 0.6) is 0 Å². The monoisotopic (exact) mass is 295 g/mol. The Morgan fingerprint density at radius 2 is 2.06 bits per heavy atom. The van der Waals surface area contributed by atoms with Gasteiger partial charge in [-0.1, -0.05) is 15.9 Å². The molecule has 0 saturated carbocycles. The maximum atomic E-state index is 11.4. The molecule has 0 atom stereocenters. The number of aromatic nitrogens is 2. The average molecular weight is 296 g/mol. The fraction of sp³-hybridized carbons (Fsp3) is 0.0909. The summed E-state index contributed by atoms with van der Waals surface area (Å²) in [5, 5.41) is 2.95. The number of carbonyl (C=O) groups is 1. The van der Waals surface area contributed by atoms with E-state index in [1.807, 2.05) is 0 Å². The van der Waals surface area contributed by atoms with Gasteiger partial charge >= 0.3 is 5.69 Å². The molecule has 0 aliphatic heterocycles. The van der Waals surface area contributed by atoms with Crippen LogP contribution in [0, 0.1) is 0 Å². The summed E-state index contributed by atoms with van der Waals surface area (Å²) in [4.78, 5) is 25.0. The lowest BCUT2D eigenvalue weighted by Crippen LogP contribution is -2.14. The lowest BCUT2D eigenvalue weighted by atomic mass is 10.3. The van der Waals surface area contributed by atoms with Crippen LogP contribution in [-0.2, 0) is 4.79 Å². The molecule has 0 saturated heterocycles. The third-order valence-corrected chi connectivity index (χ3v) is 2.71. The number of halogens is 1. The second-order valence-corrected chi connectivity index (χ2v) is 3.92. The second kappa shape index (κ2) is 5.01. The molecule has 1 heterocycles. The van der Waals surface area contributed by atoms with Gasteiger partial charge in [0.05, 0.1) is 11.0 Å². The number of aromatic amines is 1. The van der Waals surface area contributed by atoms with Crippen molar-refractivity contribution in [2.45, 2.75) is 0 Å². The first-order valence-corrected chi connectivity index (χ1v) is 6.05. The topological polar surface area (TPSA) is 66.9 Å². The number of benzene rings is 1. The van der Waals surface area contributed by atoms with Crippen LogP contribution in [0.15, 0.2) is 41.5 Å². The molecule has 2 aromatic rings. The average Bonchev–Trinajstić information content (AvgIpc) is 2.76. The van der Waals surface area contributed by atoms with Crippen molar-refractivity contribution in [3.63, 3.8) is 0 Å². The van der Waals surface area contributed by atoms with E-state index in [-0.39, 0.29) is 16.9 Å². The van der Waals surface area contributed by atoms with Gasteiger partial charge in [0, 0.05) is 18.1 Å². The standard InChI is InChI=1S/C11H10BrN3O2/c12-7-10(16)14-8-1-3-9(4-2-8)15-6-5-13-11(15)17/h1-6H,7H2,(H,13,17)(H,14,16). The van der Waals surface area contributed by atoms with E-state index in [1.54, 1.807) is 36.7 Å². The molecular weight excluding hydrogens is 286 g/mol. The Bertz CT molecular complexity index is 571. The number of anilines is 1. The normalized spacial score (nSPS) is 10.2. The number of imidazole rings is 1. The van der Waals surface area contributed by atoms with E-state index in [0.717, 1.165) is 5.69 Å². The summed E-state index contributed by atoms with van der Waals surface area (Å²) < 4.78 is 1.48. The van der Waals surface area contributed by atoms with E-state index in [9.17, 15) is 9.59 Å². The number of alkyl halides is 1. The zero-order valence-electron chi connectivity index (χ0n) is 8.81. The minimum Gasteiger partial charge on any atom is -0.325 e. The van der Waals surface area contributed by atoms with Crippen molar-refractivity contribution in [2.24, 2.45) is 0 Å². The minimum absolute atomic E-state index is 0.114. The zero-order valence-corrected chi connectivity index (χ0v) is 10.4. The molecule has 1 amide bonds. The predicted molar refractivity (Wildman–Crippen MR) is 68.8 cm³/mol. The Morgan fingerprint density at radius 1 is 1.35 bits per heavy atom. The van der Waals surface area contributed by atoms with Gasteiger partial charge in [-0.15, -0.1) is 0 Å². The summed E-state index contributed by atoms with van der Waals surface area (Å²) in [6, 6.07) is 7.02. The first-order valence-electron chi connectivity index (χ1n) is 4.93. The molecule has 5 nitrogen and oxygen atoms in total. The van der Waals surface area contributed by atoms with Crippen LogP contribution >= 0.6 is 15.9 Å². The van der Waals surface area contributed by atoms with Crippen LogP contribution < -0.4 is 11.0 Å². The summed E-state index contributed by atoms with van der Waals surface area (Å²) >= 11 is 3.07. The van der Waals surface area contributed by atoms with Crippen molar-refractivity contribution in [2.75, 3.05) is 10.6 Å². The molecule has 88 valence electrons. The number of nitrogens with zero attached hydrogens (tertiary/aromatic N) is 1. The van der Waals surface area contributed by atoms with Crippen molar-refractivity contribution < 1.29 is 4.79 Å². The summed E-state index contributed by atoms with van der Waals surface area (Å²) in [6.07, 6.45) is 3.22. The summed E-state index contributed by atoms with van der Waals surface area (Å²) in [5.74, 6) is -0.114. The fourth-order valence-corrected chi connectivity index (χ4v) is 1.56. The van der Waals surface area contributed by atoms with Crippen LogP contribution in [0.3, 0.4) is 0 Å². The van der Waals surface area contributed by atoms with E-state index in [2.05, 4.69) is 26.2 Å². The van der Waals surface area contributed by atoms with Crippen LogP contribution in [-0.4, -0.2) is 20.8 Å². The Hall–Kier alpha value is -1.82. The third-order valence-electron chi connectivity index (χ3n) is 2.20. The summed E-state index contributed by atoms with van der Waals surface area (Å²) in [5.41, 5.74) is 1.25. The Kier molecular flexibility index (Phi) is 3.43. The molecule has 0 bridgehead atoms. The molecule has 1 aromatic heterocycles. The zero-order chi connectivity index (χ0) is 12.3. The second-order valence-electron chi connectivity index (χ2n) is 3.36. The number of carbonyl (C=O) groups excluding carboxylic acids is 1. The molecule has 0 unspecified atom stereocenters. The van der Waals surface area contributed by atoms with Crippen LogP contribution in [0.4, 0.5) is 5.69 Å². The lowest BCUT2D eigenvalue weighted by molar-refractivity contribution is -0.113. The van der Waals surface area contributed by atoms with Gasteiger partial charge < -0.3 is 10.3 Å². The highest BCUT2D eigenvalue weighted by Gasteiger charge is 2.02. The van der Waals surface area contributed by atoms with Crippen molar-refractivity contribution in [3.8, 4) is 5.69 Å². The molecule has 0 radical (unpaired) electrons. The maximum absolute atomic E-state index is 11.4. The van der Waals surface area contributed by atoms with Crippen molar-refractivity contribution in [1.82, 2.24) is 9.55 Å². The van der Waals surface area contributed by atoms with Crippen LogP contribution in [0.25, 0.3) is 5.69 Å². The molecule has 2 N–H and O–H groups in total. The SMILES string of the molecule is O=C(CBr)Nc1ccc(-n2cc[nH]c2=O)cc1. The summed E-state index contributed by atoms with van der Waals surface area (Å²) in [7, 11) is 0. The van der Waals surface area contributed by atoms with E-state index >= 15 is 0 Å². The third kappa shape index (κ3) is 2.65. The molecular formula is C11H10BrN3O2. The van der Waals surface area contributed by atoms with Crippen LogP contribution in [0.1, 0.15) is 0 Å². The van der Waals surface area contributed by atoms with Gasteiger partial charge in [-0.25, -0.2) is 4.79 Å². The van der Waals surface area contributed by atoms with Gasteiger partial charge in [0.15, 0.2) is 0 Å². The Balaban J connectivity index is 2.22. The molecule has 0 spiro atoms. The molecule has 6 heteroatoms. The van der Waals surface area contributed by atoms with Gasteiger partial charge in [-0.3, -0.25) is 9.36 Å². The largest absolute Gasteiger partial charge is 0.330 e. The van der Waals surface area contributed by atoms with E-state index in [4.69, 9.17) is 0 Å². The number of rotatable bonds is 3. The van der Waals surface area contributed by atoms with Gasteiger partial charge in [0.1, 0.15) is 0 Å². The highest BCUT2D eigenvalue weighted by molar-refractivity contribution is 9.09. The molecule has 17 heavy (non-hydrogen) atoms. The van der Waals surface area contributed by atoms with E-state index < -0.39 is 0 Å². The first kappa shape index (κ1) is 11.7. The number of nitrogens with one attached hydrogen (secondary N) is 2. The number of hydrogen-bond donors (Lipinski definition) is 2. The van der Waals surface area contributed by atoms with Gasteiger partial charge in [-0.2, -0.15) is 0 Å². The fourth-order valence-electron chi connectivity index (χ4n) is 1.42. The highest BCUT2D eigenvalue weighted by atomic mass is 79.9. The number of H-pyrrole nitrogens is 1. The predicted octanol–water partition coefficient (Wildman–Crippen LogP) is 1.50. The maximum Gasteiger partial charge on any atom is 0.330 e. The lowest BCUT2D eigenvalue weighted by Gasteiger charge is -2.05. The van der Waals surface area contributed by atoms with Crippen LogP contribution in [0.2, 0.25) is 0 Å². The molecule has 0 fully saturated rings. The Morgan fingerprint density at radius 3 is 2.59 bits per heavy atom. The van der Waals surface area contributed by atoms with Gasteiger partial charge in [0.25, 0.3) is 0 Å². The molecule has 1 aromatic carbocycles. The summed E-state index contributed by atoms with van der Waals surface area (Å²) in [6.45, 7) is 0. The van der Waals surface area contributed by atoms with Gasteiger partial charge in [0.2, 0.25) is 5.91 Å². The molecule has 0 aliphatic carbocycles. The van der Waals surface area contributed by atoms with Crippen molar-refractivity contribution in [1.29, 1.82) is 0 Å². The highest BCUT2D eigenvalue weighted by Crippen LogP contribution is 2.11. The number of amides is 1. The first-order chi connectivity index (χ1) is 8.20. The molecule has 0 aliphatic rings. The number of hydrogen-bond acceptors (Lipinski definition) is 2. The van der Waals surface area contributed by atoms with Gasteiger partial charge in [-0.05, 0) is 24.3 Å². The van der Waals surface area contributed by atoms with E-state index in [0.29, 0.717) is 5.69 Å². The smallest absolute Gasteiger partial charge is 0.325 e. The Labute approximate surface area is 106 Å². The van der Waals surface area contributed by atoms with E-state index in [1.165, 1.54) is 4.57 Å². The van der Waals surface area contributed by atoms with Crippen molar-refractivity contribution in [3.05, 3.63) is 47.1 Å². The van der Waals surface area contributed by atoms with Crippen molar-refractivity contribution >= 4 is 27.5 Å². The minimum atomic E-state index is -0.192. The quantitative estimate of drug-likeness (QED) is 0.843.